The predicted octanol–water partition coefficient (Wildman–Crippen LogP) is 5.25. The molecule has 0 radical (unpaired) electrons. The SMILES string of the molecule is CC[C@@]12C[C@H]1CCCCCc1nc3ccc(OC)cc3nc1O[C@H]1CN(C(=O)[C@H](C(C)(C)C)CC(=O)O2)C(C(=O)N[C@]2(C(=O)NS(=O)(=O)C3(C)CC3)C[C@H]2C(F)F)[C@@H]1C. The van der Waals surface area contributed by atoms with Crippen molar-refractivity contribution in [2.45, 2.75) is 147 Å². The number of aryl methyl sites for hydroxylation is 1. The molecule has 5 aliphatic rings. The summed E-state index contributed by atoms with van der Waals surface area (Å²) in [5, 5.41) is 2.51. The van der Waals surface area contributed by atoms with Crippen LogP contribution >= 0.6 is 0 Å². The normalized spacial score (nSPS) is 32.1. The van der Waals surface area contributed by atoms with E-state index < -0.39 is 97.8 Å². The number of aromatic nitrogens is 2. The number of halogens is 2. The second kappa shape index (κ2) is 15.4. The quantitative estimate of drug-likeness (QED) is 0.331. The number of rotatable bonds is 8. The Morgan fingerprint density at radius 1 is 1.08 bits per heavy atom. The van der Waals surface area contributed by atoms with Crippen LogP contribution in [-0.4, -0.2) is 95.1 Å². The molecule has 17 heteroatoms. The Hall–Kier alpha value is -4.15. The zero-order valence-corrected chi connectivity index (χ0v) is 35.8. The van der Waals surface area contributed by atoms with E-state index in [1.165, 1.54) is 11.8 Å². The van der Waals surface area contributed by atoms with E-state index in [0.717, 1.165) is 32.1 Å². The minimum atomic E-state index is -4.24. The Kier molecular flexibility index (Phi) is 11.2. The number of ether oxygens (including phenoxy) is 3. The minimum Gasteiger partial charge on any atom is -0.497 e. The summed E-state index contributed by atoms with van der Waals surface area (Å²) in [7, 11) is -2.70. The van der Waals surface area contributed by atoms with Crippen molar-refractivity contribution in [1.82, 2.24) is 24.9 Å². The van der Waals surface area contributed by atoms with Crippen LogP contribution in [0.25, 0.3) is 11.0 Å². The van der Waals surface area contributed by atoms with Gasteiger partial charge >= 0.3 is 5.97 Å². The molecular formula is C42H57F2N5O9S. The van der Waals surface area contributed by atoms with E-state index in [9.17, 15) is 36.4 Å². The highest BCUT2D eigenvalue weighted by atomic mass is 32.2. The fourth-order valence-electron chi connectivity index (χ4n) is 9.04. The largest absolute Gasteiger partial charge is 0.497 e. The van der Waals surface area contributed by atoms with Gasteiger partial charge in [-0.3, -0.25) is 23.9 Å². The number of benzene rings is 1. The Morgan fingerprint density at radius 3 is 2.44 bits per heavy atom. The van der Waals surface area contributed by atoms with Crippen molar-refractivity contribution in [1.29, 1.82) is 0 Å². The van der Waals surface area contributed by atoms with Crippen molar-refractivity contribution in [2.75, 3.05) is 13.7 Å². The van der Waals surface area contributed by atoms with Gasteiger partial charge in [0, 0.05) is 17.9 Å². The first-order valence-electron chi connectivity index (χ1n) is 20.9. The number of nitrogens with zero attached hydrogens (tertiary/aromatic N) is 3. The van der Waals surface area contributed by atoms with Gasteiger partial charge in [0.25, 0.3) is 5.91 Å². The van der Waals surface area contributed by atoms with Crippen LogP contribution in [-0.2, 0) is 40.4 Å². The monoisotopic (exact) mass is 845 g/mol. The van der Waals surface area contributed by atoms with Gasteiger partial charge in [0.1, 0.15) is 34.7 Å². The molecule has 2 N–H and O–H groups in total. The molecule has 4 fully saturated rings. The van der Waals surface area contributed by atoms with E-state index in [0.29, 0.717) is 48.2 Å². The van der Waals surface area contributed by atoms with Crippen LogP contribution < -0.4 is 19.5 Å². The molecule has 1 saturated heterocycles. The average Bonchev–Trinajstić information content (AvgIpc) is 4.12. The van der Waals surface area contributed by atoms with Crippen LogP contribution in [0, 0.1) is 29.1 Å². The van der Waals surface area contributed by atoms with Crippen LogP contribution in [0.2, 0.25) is 0 Å². The first-order valence-corrected chi connectivity index (χ1v) is 22.4. The van der Waals surface area contributed by atoms with Gasteiger partial charge in [0.05, 0.1) is 47.7 Å². The standard InChI is InChI=1S/C42H57F2N5O9S/c1-8-41-20-24(41)12-10-9-11-13-29-36(46-30-18-25(56-7)14-15-28(30)45-29)57-31-22-49(37(52)26(39(3,4)5)19-32(50)58-41)33(23(31)2)35(51)47-42(21-27(42)34(43)44)38(53)48-59(54,55)40(6)16-17-40/h14-15,18,23-24,26-27,31,33-34H,8-13,16-17,19-22H2,1-7H3,(H,47,51)(H,48,53)/t23-,24-,26-,27+,31+,33?,41-,42-/m1/s1. The number of carbonyl (C=O) groups is 4. The van der Waals surface area contributed by atoms with E-state index in [2.05, 4.69) is 5.32 Å². The summed E-state index contributed by atoms with van der Waals surface area (Å²) in [6.07, 6.45) is 1.26. The van der Waals surface area contributed by atoms with Crippen molar-refractivity contribution in [3.63, 3.8) is 0 Å². The van der Waals surface area contributed by atoms with Crippen molar-refractivity contribution >= 4 is 44.7 Å². The summed E-state index contributed by atoms with van der Waals surface area (Å²) in [4.78, 5) is 68.1. The first kappa shape index (κ1) is 43.0. The Morgan fingerprint density at radius 2 is 1.81 bits per heavy atom. The Bertz CT molecular complexity index is 2130. The lowest BCUT2D eigenvalue weighted by molar-refractivity contribution is -0.159. The third-order valence-corrected chi connectivity index (χ3v) is 15.9. The number of sulfonamides is 1. The van der Waals surface area contributed by atoms with Crippen LogP contribution in [0.3, 0.4) is 0 Å². The predicted molar refractivity (Wildman–Crippen MR) is 212 cm³/mol. The molecule has 1 unspecified atom stereocenters. The molecule has 0 spiro atoms. The summed E-state index contributed by atoms with van der Waals surface area (Å²) < 4.78 is 73.8. The number of hydrogen-bond donors (Lipinski definition) is 2. The van der Waals surface area contributed by atoms with Gasteiger partial charge < -0.3 is 24.4 Å². The maximum atomic E-state index is 14.9. The van der Waals surface area contributed by atoms with Crippen LogP contribution in [0.4, 0.5) is 8.78 Å². The van der Waals surface area contributed by atoms with Crippen molar-refractivity contribution in [3.8, 4) is 11.6 Å². The molecular weight excluding hydrogens is 789 g/mol. The molecule has 2 aliphatic heterocycles. The molecule has 2 aromatic rings. The van der Waals surface area contributed by atoms with Gasteiger partial charge in [0.2, 0.25) is 34.1 Å². The highest BCUT2D eigenvalue weighted by molar-refractivity contribution is 7.91. The topological polar surface area (TPSA) is 183 Å². The highest BCUT2D eigenvalue weighted by Gasteiger charge is 2.68. The Labute approximate surface area is 344 Å². The molecule has 14 nitrogen and oxygen atoms in total. The summed E-state index contributed by atoms with van der Waals surface area (Å²) in [6.45, 7) is 10.4. The van der Waals surface area contributed by atoms with E-state index in [4.69, 9.17) is 24.2 Å². The molecule has 1 aromatic heterocycles. The van der Waals surface area contributed by atoms with E-state index in [-0.39, 0.29) is 24.8 Å². The van der Waals surface area contributed by atoms with Gasteiger partial charge in [0.15, 0.2) is 0 Å². The smallest absolute Gasteiger partial charge is 0.307 e. The van der Waals surface area contributed by atoms with Crippen molar-refractivity contribution in [3.05, 3.63) is 23.9 Å². The van der Waals surface area contributed by atoms with E-state index in [1.54, 1.807) is 26.2 Å². The van der Waals surface area contributed by atoms with Crippen molar-refractivity contribution in [2.24, 2.45) is 29.1 Å². The number of methoxy groups -OCH3 is 1. The molecule has 3 heterocycles. The van der Waals surface area contributed by atoms with Crippen molar-refractivity contribution < 1.29 is 50.6 Å². The lowest BCUT2D eigenvalue weighted by Crippen LogP contribution is -2.59. The van der Waals surface area contributed by atoms with Crippen LogP contribution in [0.15, 0.2) is 18.2 Å². The summed E-state index contributed by atoms with van der Waals surface area (Å²) >= 11 is 0. The lowest BCUT2D eigenvalue weighted by Gasteiger charge is -2.35. The Balaban J connectivity index is 1.26. The summed E-state index contributed by atoms with van der Waals surface area (Å²) in [5.74, 6) is -5.70. The molecule has 8 atom stereocenters. The lowest BCUT2D eigenvalue weighted by atomic mass is 9.77. The first-order chi connectivity index (χ1) is 27.7. The number of esters is 1. The molecule has 3 aliphatic carbocycles. The van der Waals surface area contributed by atoms with Gasteiger partial charge in [-0.2, -0.15) is 0 Å². The molecule has 2 bridgehead atoms. The van der Waals surface area contributed by atoms with Crippen LogP contribution in [0.1, 0.15) is 111 Å². The van der Waals surface area contributed by atoms with Crippen LogP contribution in [0.5, 0.6) is 11.6 Å². The molecule has 3 saturated carbocycles. The zero-order valence-electron chi connectivity index (χ0n) is 34.9. The number of carbonyl (C=O) groups excluding carboxylic acids is 4. The zero-order chi connectivity index (χ0) is 42.9. The molecule has 7 rings (SSSR count). The number of hydrogen-bond acceptors (Lipinski definition) is 11. The average molecular weight is 846 g/mol. The molecule has 324 valence electrons. The second-order valence-corrected chi connectivity index (χ2v) is 21.0. The molecule has 3 amide bonds. The summed E-state index contributed by atoms with van der Waals surface area (Å²) in [6, 6.07) is 3.96. The minimum absolute atomic E-state index is 0.151. The molecule has 59 heavy (non-hydrogen) atoms. The third kappa shape index (κ3) is 8.20. The van der Waals surface area contributed by atoms with Gasteiger partial charge in [-0.15, -0.1) is 0 Å². The maximum Gasteiger partial charge on any atom is 0.307 e. The van der Waals surface area contributed by atoms with Gasteiger partial charge in [-0.1, -0.05) is 47.5 Å². The van der Waals surface area contributed by atoms with Gasteiger partial charge in [-0.05, 0) is 75.8 Å². The maximum absolute atomic E-state index is 14.9. The van der Waals surface area contributed by atoms with E-state index in [1.807, 2.05) is 38.5 Å². The number of amides is 3. The fraction of sp³-hybridized carbons (Fsp3) is 0.714. The number of fused-ring (bicyclic) bond motifs is 5. The number of nitrogens with one attached hydrogen (secondary N) is 2. The fourth-order valence-corrected chi connectivity index (χ4v) is 10.3. The highest BCUT2D eigenvalue weighted by Crippen LogP contribution is 2.53. The van der Waals surface area contributed by atoms with E-state index >= 15 is 0 Å². The third-order valence-electron chi connectivity index (χ3n) is 13.7. The van der Waals surface area contributed by atoms with Gasteiger partial charge in [-0.25, -0.2) is 27.2 Å². The second-order valence-electron chi connectivity index (χ2n) is 18.8. The molecule has 1 aromatic carbocycles. The number of alkyl halides is 2. The summed E-state index contributed by atoms with van der Waals surface area (Å²) in [5.41, 5.74) is -1.91.